The molecule has 0 atom stereocenters. The summed E-state index contributed by atoms with van der Waals surface area (Å²) >= 11 is 4.25. The van der Waals surface area contributed by atoms with Crippen LogP contribution in [0.2, 0.25) is 0 Å². The van der Waals surface area contributed by atoms with E-state index in [2.05, 4.69) is 45.7 Å². The summed E-state index contributed by atoms with van der Waals surface area (Å²) in [5.74, 6) is 1.02. The number of ether oxygens (including phenoxy) is 1. The van der Waals surface area contributed by atoms with Crippen molar-refractivity contribution in [3.8, 4) is 5.75 Å². The molecule has 1 aromatic carbocycles. The Labute approximate surface area is 115 Å². The van der Waals surface area contributed by atoms with Crippen LogP contribution < -0.4 is 4.74 Å². The van der Waals surface area contributed by atoms with E-state index in [1.165, 1.54) is 42.0 Å². The molecule has 0 amide bonds. The van der Waals surface area contributed by atoms with Crippen LogP contribution in [0.3, 0.4) is 0 Å². The average molecular weight is 335 g/mol. The predicted octanol–water partition coefficient (Wildman–Crippen LogP) is 4.27. The summed E-state index contributed by atoms with van der Waals surface area (Å²) < 4.78 is 5.92. The SMILES string of the molecule is Cc1[c-]c(C)cc(OC2CCCC2)c1.[Zn+][Br]. The van der Waals surface area contributed by atoms with Gasteiger partial charge in [0.15, 0.2) is 0 Å². The molecular formula is C13H17BrOZn. The van der Waals surface area contributed by atoms with Crippen LogP contribution in [0, 0.1) is 19.9 Å². The van der Waals surface area contributed by atoms with Crippen LogP contribution in [0.4, 0.5) is 0 Å². The second-order valence-electron chi connectivity index (χ2n) is 4.21. The molecule has 0 saturated heterocycles. The summed E-state index contributed by atoms with van der Waals surface area (Å²) in [5.41, 5.74) is 2.33. The molecule has 1 aliphatic rings. The third-order valence-electron chi connectivity index (χ3n) is 2.72. The van der Waals surface area contributed by atoms with E-state index in [-0.39, 0.29) is 0 Å². The summed E-state index contributed by atoms with van der Waals surface area (Å²) in [6.07, 6.45) is 5.53. The summed E-state index contributed by atoms with van der Waals surface area (Å²) in [6, 6.07) is 7.40. The molecule has 2 rings (SSSR count). The first-order valence-electron chi connectivity index (χ1n) is 5.68. The van der Waals surface area contributed by atoms with E-state index in [0.717, 1.165) is 16.9 Å². The van der Waals surface area contributed by atoms with Gasteiger partial charge in [0.25, 0.3) is 0 Å². The van der Waals surface area contributed by atoms with Gasteiger partial charge < -0.3 is 4.74 Å². The molecule has 0 bridgehead atoms. The van der Waals surface area contributed by atoms with Crippen molar-refractivity contribution in [2.24, 2.45) is 0 Å². The van der Waals surface area contributed by atoms with E-state index in [9.17, 15) is 0 Å². The van der Waals surface area contributed by atoms with Crippen LogP contribution in [0.1, 0.15) is 36.8 Å². The van der Waals surface area contributed by atoms with E-state index in [1.54, 1.807) is 0 Å². The van der Waals surface area contributed by atoms with Crippen molar-refractivity contribution in [3.05, 3.63) is 29.3 Å². The van der Waals surface area contributed by atoms with Crippen LogP contribution in [-0.4, -0.2) is 6.10 Å². The van der Waals surface area contributed by atoms with Crippen molar-refractivity contribution >= 4 is 13.6 Å². The van der Waals surface area contributed by atoms with Gasteiger partial charge in [0.1, 0.15) is 0 Å². The minimum absolute atomic E-state index is 0.455. The Bertz CT molecular complexity index is 301. The maximum atomic E-state index is 5.92. The van der Waals surface area contributed by atoms with Gasteiger partial charge in [-0.3, -0.25) is 0 Å². The van der Waals surface area contributed by atoms with Gasteiger partial charge in [-0.25, -0.2) is 0 Å². The molecular weight excluding hydrogens is 317 g/mol. The number of halogens is 1. The van der Waals surface area contributed by atoms with Crippen molar-refractivity contribution in [1.82, 2.24) is 0 Å². The van der Waals surface area contributed by atoms with E-state index in [4.69, 9.17) is 4.74 Å². The van der Waals surface area contributed by atoms with E-state index >= 15 is 0 Å². The summed E-state index contributed by atoms with van der Waals surface area (Å²) in [4.78, 5) is 0. The van der Waals surface area contributed by atoms with Crippen LogP contribution >= 0.6 is 13.6 Å². The molecule has 1 aliphatic carbocycles. The van der Waals surface area contributed by atoms with Crippen molar-refractivity contribution in [1.29, 1.82) is 0 Å². The van der Waals surface area contributed by atoms with E-state index in [0.29, 0.717) is 6.10 Å². The fourth-order valence-corrected chi connectivity index (χ4v) is 2.12. The Morgan fingerprint density at radius 1 is 1.19 bits per heavy atom. The van der Waals surface area contributed by atoms with E-state index < -0.39 is 0 Å². The standard InChI is InChI=1S/C13H17O.BrH.Zn/c1-10-7-11(2)9-13(8-10)14-12-5-3-4-6-12;;/h8-9,12H,3-6H2,1-2H3;1H;/q-1;;+2/p-1. The van der Waals surface area contributed by atoms with Gasteiger partial charge in [-0.05, 0) is 25.7 Å². The zero-order valence-electron chi connectivity index (χ0n) is 10.1. The van der Waals surface area contributed by atoms with Crippen molar-refractivity contribution in [2.75, 3.05) is 0 Å². The number of aryl methyl sites for hydroxylation is 2. The predicted molar refractivity (Wildman–Crippen MR) is 66.6 cm³/mol. The van der Waals surface area contributed by atoms with Crippen molar-refractivity contribution in [2.45, 2.75) is 45.6 Å². The molecule has 1 saturated carbocycles. The van der Waals surface area contributed by atoms with Crippen molar-refractivity contribution < 1.29 is 21.1 Å². The summed E-state index contributed by atoms with van der Waals surface area (Å²) in [6.45, 7) is 4.13. The molecule has 0 radical (unpaired) electrons. The summed E-state index contributed by atoms with van der Waals surface area (Å²) in [5, 5.41) is 0. The van der Waals surface area contributed by atoms with Crippen LogP contribution in [0.5, 0.6) is 5.75 Å². The minimum atomic E-state index is 0.455. The number of hydrogen-bond acceptors (Lipinski definition) is 1. The van der Waals surface area contributed by atoms with Gasteiger partial charge in [-0.1, -0.05) is 13.8 Å². The van der Waals surface area contributed by atoms with Crippen molar-refractivity contribution in [3.63, 3.8) is 0 Å². The Morgan fingerprint density at radius 2 is 1.69 bits per heavy atom. The molecule has 0 unspecified atom stereocenters. The Hall–Kier alpha value is 0.123. The third-order valence-corrected chi connectivity index (χ3v) is 2.72. The second-order valence-corrected chi connectivity index (χ2v) is 4.21. The molecule has 1 aromatic rings. The number of hydrogen-bond donors (Lipinski definition) is 0. The molecule has 84 valence electrons. The van der Waals surface area contributed by atoms with Gasteiger partial charge in [0.05, 0.1) is 6.10 Å². The van der Waals surface area contributed by atoms with Crippen LogP contribution in [0.25, 0.3) is 0 Å². The van der Waals surface area contributed by atoms with Gasteiger partial charge >= 0.3 is 30.0 Å². The zero-order chi connectivity index (χ0) is 12.0. The molecule has 0 N–H and O–H groups in total. The first-order valence-corrected chi connectivity index (χ1v) is 12.6. The second kappa shape index (κ2) is 7.45. The molecule has 0 spiro atoms. The van der Waals surface area contributed by atoms with Gasteiger partial charge in [-0.2, -0.15) is 17.2 Å². The summed E-state index contributed by atoms with van der Waals surface area (Å²) in [7, 11) is 0. The van der Waals surface area contributed by atoms with Gasteiger partial charge in [0.2, 0.25) is 0 Å². The molecule has 3 heteroatoms. The molecule has 16 heavy (non-hydrogen) atoms. The fourth-order valence-electron chi connectivity index (χ4n) is 2.12. The first kappa shape index (κ1) is 14.2. The fraction of sp³-hybridized carbons (Fsp3) is 0.538. The molecule has 1 nitrogen and oxygen atoms in total. The topological polar surface area (TPSA) is 9.23 Å². The maximum absolute atomic E-state index is 5.92. The third kappa shape index (κ3) is 4.55. The van der Waals surface area contributed by atoms with Crippen LogP contribution in [-0.2, 0) is 16.3 Å². The van der Waals surface area contributed by atoms with E-state index in [1.807, 2.05) is 0 Å². The number of benzene rings is 1. The molecule has 0 aliphatic heterocycles. The molecule has 0 heterocycles. The monoisotopic (exact) mass is 332 g/mol. The quantitative estimate of drug-likeness (QED) is 0.580. The Kier molecular flexibility index (Phi) is 6.60. The first-order chi connectivity index (χ1) is 7.74. The average Bonchev–Trinajstić information content (AvgIpc) is 2.72. The van der Waals surface area contributed by atoms with Crippen LogP contribution in [0.15, 0.2) is 12.1 Å². The Morgan fingerprint density at radius 3 is 2.19 bits per heavy atom. The van der Waals surface area contributed by atoms with Gasteiger partial charge in [0, 0.05) is 5.75 Å². The normalized spacial score (nSPS) is 15.6. The number of rotatable bonds is 2. The molecule has 0 aromatic heterocycles. The Balaban J connectivity index is 0.000000606. The molecule has 1 fully saturated rings. The van der Waals surface area contributed by atoms with Gasteiger partial charge in [-0.15, -0.1) is 12.1 Å². The zero-order valence-corrected chi connectivity index (χ0v) is 14.6.